The van der Waals surface area contributed by atoms with Crippen molar-refractivity contribution in [3.8, 4) is 0 Å². The van der Waals surface area contributed by atoms with Gasteiger partial charge in [0, 0.05) is 39.5 Å². The Balaban J connectivity index is 4.14. The Labute approximate surface area is 56.9 Å². The fourth-order valence-electron chi connectivity index (χ4n) is 0. The van der Waals surface area contributed by atoms with Crippen LogP contribution in [0.5, 0.6) is 0 Å². The maximum absolute atomic E-state index is 11.1. The Morgan fingerprint density at radius 1 is 1.57 bits per heavy atom. The van der Waals surface area contributed by atoms with Crippen molar-refractivity contribution in [2.24, 2.45) is 0 Å². The highest BCUT2D eigenvalue weighted by atomic mass is 127. The first kappa shape index (κ1) is 7.88. The zero-order valence-corrected chi connectivity index (χ0v) is 7.88. The van der Waals surface area contributed by atoms with Crippen molar-refractivity contribution in [1.29, 1.82) is 0 Å². The van der Waals surface area contributed by atoms with E-state index in [9.17, 15) is 4.21 Å². The highest BCUT2D eigenvalue weighted by Crippen LogP contribution is 2.25. The molecule has 0 rings (SSSR count). The summed E-state index contributed by atoms with van der Waals surface area (Å²) in [5.74, 6) is 0.776. The lowest BCUT2D eigenvalue weighted by atomic mass is 11.0. The van der Waals surface area contributed by atoms with Gasteiger partial charge in [-0.2, -0.15) is 0 Å². The molecule has 0 aliphatic rings. The van der Waals surface area contributed by atoms with E-state index in [2.05, 4.69) is 0 Å². The molecular formula is C4H11IOS. The molecule has 0 aromatic rings. The largest absolute Gasteiger partial charge is 0.273 e. The molecule has 0 saturated carbocycles. The first-order valence-electron chi connectivity index (χ1n) is 2.13. The van der Waals surface area contributed by atoms with E-state index in [1.165, 1.54) is 0 Å². The van der Waals surface area contributed by atoms with Gasteiger partial charge in [0.05, 0.1) is 0 Å². The minimum absolute atomic E-state index is 0.776. The molecule has 1 nitrogen and oxygen atoms in total. The molecule has 46 valence electrons. The van der Waals surface area contributed by atoms with Crippen molar-refractivity contribution < 1.29 is 4.21 Å². The van der Waals surface area contributed by atoms with Crippen molar-refractivity contribution >= 4 is 27.4 Å². The SMILES string of the molecule is CCS(C)(C)(=O)I. The van der Waals surface area contributed by atoms with E-state index in [4.69, 9.17) is 0 Å². The second kappa shape index (κ2) is 1.69. The molecule has 7 heavy (non-hydrogen) atoms. The Morgan fingerprint density at radius 2 is 1.71 bits per heavy atom. The van der Waals surface area contributed by atoms with E-state index in [-0.39, 0.29) is 0 Å². The molecule has 0 aromatic heterocycles. The van der Waals surface area contributed by atoms with E-state index >= 15 is 0 Å². The smallest absolute Gasteiger partial charge is 0.00851 e. The average molecular weight is 234 g/mol. The molecule has 0 heterocycles. The van der Waals surface area contributed by atoms with Crippen LogP contribution in [0.3, 0.4) is 0 Å². The molecule has 0 saturated heterocycles. The maximum Gasteiger partial charge on any atom is 0.00851 e. The predicted octanol–water partition coefficient (Wildman–Crippen LogP) is 1.44. The Bertz CT molecular complexity index is 113. The minimum Gasteiger partial charge on any atom is -0.273 e. The van der Waals surface area contributed by atoms with Gasteiger partial charge < -0.3 is 0 Å². The molecule has 0 spiro atoms. The van der Waals surface area contributed by atoms with Crippen molar-refractivity contribution in [3.63, 3.8) is 0 Å². The lowest BCUT2D eigenvalue weighted by Gasteiger charge is -2.22. The van der Waals surface area contributed by atoms with Gasteiger partial charge in [-0.15, -0.1) is 0 Å². The average Bonchev–Trinajstić information content (AvgIpc) is 1.32. The summed E-state index contributed by atoms with van der Waals surface area (Å²) in [5, 5.41) is 0. The number of halogens is 1. The third kappa shape index (κ3) is 6.88. The summed E-state index contributed by atoms with van der Waals surface area (Å²) in [6.07, 6.45) is 1.46. The molecule has 0 aliphatic carbocycles. The van der Waals surface area contributed by atoms with Crippen molar-refractivity contribution in [2.75, 3.05) is 18.3 Å². The minimum atomic E-state index is -2.15. The van der Waals surface area contributed by atoms with Crippen LogP contribution >= 0.6 is 21.2 Å². The highest BCUT2D eigenvalue weighted by molar-refractivity contribution is 14.2. The number of rotatable bonds is 1. The third-order valence-electron chi connectivity index (χ3n) is 0.804. The van der Waals surface area contributed by atoms with Gasteiger partial charge in [-0.05, 0) is 0 Å². The molecule has 0 aliphatic heterocycles. The molecule has 0 aromatic carbocycles. The zero-order chi connectivity index (χ0) is 6.15. The lowest BCUT2D eigenvalue weighted by Crippen LogP contribution is -2.21. The molecule has 0 atom stereocenters. The van der Waals surface area contributed by atoms with Crippen molar-refractivity contribution in [3.05, 3.63) is 0 Å². The van der Waals surface area contributed by atoms with Gasteiger partial charge in [-0.1, -0.05) is 13.2 Å². The fourth-order valence-corrected chi connectivity index (χ4v) is 0. The van der Waals surface area contributed by atoms with Crippen molar-refractivity contribution in [2.45, 2.75) is 6.92 Å². The van der Waals surface area contributed by atoms with Crippen LogP contribution in [0.15, 0.2) is 0 Å². The van der Waals surface area contributed by atoms with Crippen LogP contribution in [0.25, 0.3) is 0 Å². The molecule has 0 amide bonds. The summed E-state index contributed by atoms with van der Waals surface area (Å²) in [7, 11) is 0. The molecule has 0 fully saturated rings. The summed E-state index contributed by atoms with van der Waals surface area (Å²) in [4.78, 5) is 0. The van der Waals surface area contributed by atoms with Crippen LogP contribution in [-0.2, 0) is 6.24 Å². The van der Waals surface area contributed by atoms with Crippen molar-refractivity contribution in [1.82, 2.24) is 0 Å². The van der Waals surface area contributed by atoms with E-state index in [0.717, 1.165) is 5.75 Å². The van der Waals surface area contributed by atoms with Crippen LogP contribution in [0.2, 0.25) is 0 Å². The second-order valence-corrected chi connectivity index (χ2v) is 14.9. The Hall–Kier alpha value is 0.880. The topological polar surface area (TPSA) is 17.1 Å². The molecule has 3 heteroatoms. The summed E-state index contributed by atoms with van der Waals surface area (Å²) >= 11 is 2.03. The van der Waals surface area contributed by atoms with Gasteiger partial charge in [0.2, 0.25) is 0 Å². The lowest BCUT2D eigenvalue weighted by molar-refractivity contribution is 0.678. The first-order valence-corrected chi connectivity index (χ1v) is 7.63. The van der Waals surface area contributed by atoms with E-state index < -0.39 is 6.24 Å². The molecule has 0 bridgehead atoms. The van der Waals surface area contributed by atoms with Gasteiger partial charge >= 0.3 is 0 Å². The van der Waals surface area contributed by atoms with E-state index in [1.54, 1.807) is 12.5 Å². The van der Waals surface area contributed by atoms with Crippen LogP contribution in [0.1, 0.15) is 6.92 Å². The quantitative estimate of drug-likeness (QED) is 0.495. The van der Waals surface area contributed by atoms with Crippen LogP contribution in [-0.4, -0.2) is 22.5 Å². The summed E-state index contributed by atoms with van der Waals surface area (Å²) in [6, 6.07) is 0. The molecular weight excluding hydrogens is 223 g/mol. The third-order valence-corrected chi connectivity index (χ3v) is 4.28. The number of hydrogen-bond acceptors (Lipinski definition) is 1. The molecule has 0 radical (unpaired) electrons. The van der Waals surface area contributed by atoms with E-state index in [0.29, 0.717) is 0 Å². The second-order valence-electron chi connectivity index (χ2n) is 2.21. The normalized spacial score (nSPS) is 18.0. The summed E-state index contributed by atoms with van der Waals surface area (Å²) in [5.41, 5.74) is 0. The van der Waals surface area contributed by atoms with Gasteiger partial charge in [0.25, 0.3) is 0 Å². The van der Waals surface area contributed by atoms with Gasteiger partial charge in [-0.3, -0.25) is 4.21 Å². The van der Waals surface area contributed by atoms with Gasteiger partial charge in [-0.25, -0.2) is 0 Å². The Kier molecular flexibility index (Phi) is 1.90. The summed E-state index contributed by atoms with van der Waals surface area (Å²) < 4.78 is 11.1. The highest BCUT2D eigenvalue weighted by Gasteiger charge is 2.15. The molecule has 0 N–H and O–H groups in total. The van der Waals surface area contributed by atoms with Crippen LogP contribution in [0, 0.1) is 0 Å². The standard InChI is InChI=1S/C4H11IOS/c1-4-7(2,3,5)6/h4H2,1-3H3. The fraction of sp³-hybridized carbons (Fsp3) is 1.00. The maximum atomic E-state index is 11.1. The van der Waals surface area contributed by atoms with Crippen LogP contribution < -0.4 is 0 Å². The monoisotopic (exact) mass is 234 g/mol. The molecule has 0 unspecified atom stereocenters. The summed E-state index contributed by atoms with van der Waals surface area (Å²) in [6.45, 7) is 1.95. The number of hydrogen-bond donors (Lipinski definition) is 0. The predicted molar refractivity (Wildman–Crippen MR) is 44.6 cm³/mol. The van der Waals surface area contributed by atoms with Crippen LogP contribution in [0.4, 0.5) is 0 Å². The van der Waals surface area contributed by atoms with Gasteiger partial charge in [0.15, 0.2) is 0 Å². The Morgan fingerprint density at radius 3 is 1.71 bits per heavy atom. The van der Waals surface area contributed by atoms with E-state index in [1.807, 2.05) is 28.1 Å². The van der Waals surface area contributed by atoms with Gasteiger partial charge in [0.1, 0.15) is 0 Å². The first-order chi connectivity index (χ1) is 2.81. The zero-order valence-electron chi connectivity index (χ0n) is 4.90.